The van der Waals surface area contributed by atoms with Gasteiger partial charge in [-0.25, -0.2) is 0 Å². The Labute approximate surface area is 94.1 Å². The summed E-state index contributed by atoms with van der Waals surface area (Å²) in [6.07, 6.45) is 2.40. The molecule has 0 spiro atoms. The number of hydrogen-bond acceptors (Lipinski definition) is 1. The Kier molecular flexibility index (Phi) is 4.19. The van der Waals surface area contributed by atoms with E-state index in [0.717, 1.165) is 6.54 Å². The molecule has 84 valence electrons. The minimum absolute atomic E-state index is 1.07. The normalized spacial score (nSPS) is 10.5. The summed E-state index contributed by atoms with van der Waals surface area (Å²) in [6.45, 7) is 9.92. The summed E-state index contributed by atoms with van der Waals surface area (Å²) in [6, 6.07) is 4.61. The van der Waals surface area contributed by atoms with Crippen molar-refractivity contribution in [2.45, 2.75) is 40.5 Å². The fourth-order valence-electron chi connectivity index (χ4n) is 2.21. The Morgan fingerprint density at radius 3 is 2.33 bits per heavy atom. The van der Waals surface area contributed by atoms with Crippen molar-refractivity contribution in [2.75, 3.05) is 18.5 Å². The molecule has 0 saturated carbocycles. The maximum atomic E-state index is 2.35. The number of benzene rings is 1. The lowest BCUT2D eigenvalue weighted by molar-refractivity contribution is 0.887. The summed E-state index contributed by atoms with van der Waals surface area (Å²) < 4.78 is 0. The van der Waals surface area contributed by atoms with E-state index in [-0.39, 0.29) is 0 Å². The average molecular weight is 205 g/mol. The predicted molar refractivity (Wildman–Crippen MR) is 68.9 cm³/mol. The second kappa shape index (κ2) is 5.20. The Balaban J connectivity index is 3.20. The van der Waals surface area contributed by atoms with E-state index in [4.69, 9.17) is 0 Å². The molecule has 0 aromatic heterocycles. The fourth-order valence-corrected chi connectivity index (χ4v) is 2.21. The maximum absolute atomic E-state index is 2.35. The quantitative estimate of drug-likeness (QED) is 0.724. The van der Waals surface area contributed by atoms with Crippen molar-refractivity contribution < 1.29 is 0 Å². The maximum Gasteiger partial charge on any atom is 0.0425 e. The molecule has 0 bridgehead atoms. The molecule has 0 aliphatic carbocycles. The van der Waals surface area contributed by atoms with Gasteiger partial charge in [0.15, 0.2) is 0 Å². The largest absolute Gasteiger partial charge is 0.374 e. The highest BCUT2D eigenvalue weighted by Crippen LogP contribution is 2.26. The molecule has 0 fully saturated rings. The topological polar surface area (TPSA) is 3.24 Å². The van der Waals surface area contributed by atoms with Crippen LogP contribution < -0.4 is 4.90 Å². The molecule has 15 heavy (non-hydrogen) atoms. The summed E-state index contributed by atoms with van der Waals surface area (Å²) in [4.78, 5) is 2.35. The lowest BCUT2D eigenvalue weighted by Gasteiger charge is -2.23. The Morgan fingerprint density at radius 1 is 1.13 bits per heavy atom. The van der Waals surface area contributed by atoms with Crippen molar-refractivity contribution in [1.29, 1.82) is 0 Å². The van der Waals surface area contributed by atoms with Crippen LogP contribution in [0, 0.1) is 13.8 Å². The van der Waals surface area contributed by atoms with Crippen LogP contribution in [0.15, 0.2) is 12.1 Å². The number of hydrogen-bond donors (Lipinski definition) is 0. The molecule has 0 amide bonds. The first-order valence-electron chi connectivity index (χ1n) is 5.91. The van der Waals surface area contributed by atoms with Gasteiger partial charge in [-0.2, -0.15) is 0 Å². The van der Waals surface area contributed by atoms with Crippen LogP contribution in [-0.2, 0) is 6.42 Å². The van der Waals surface area contributed by atoms with E-state index in [2.05, 4.69) is 51.8 Å². The van der Waals surface area contributed by atoms with E-state index in [9.17, 15) is 0 Å². The first kappa shape index (κ1) is 12.1. The molecular formula is C14H23N. The molecule has 1 aromatic carbocycles. The first-order chi connectivity index (χ1) is 7.10. The molecule has 0 radical (unpaired) electrons. The van der Waals surface area contributed by atoms with E-state index in [1.807, 2.05) is 0 Å². The molecule has 1 rings (SSSR count). The molecule has 0 saturated heterocycles. The lowest BCUT2D eigenvalue weighted by atomic mass is 10.00. The summed E-state index contributed by atoms with van der Waals surface area (Å²) in [5, 5.41) is 0. The van der Waals surface area contributed by atoms with Crippen molar-refractivity contribution >= 4 is 5.69 Å². The summed E-state index contributed by atoms with van der Waals surface area (Å²) in [7, 11) is 2.18. The van der Waals surface area contributed by atoms with Gasteiger partial charge < -0.3 is 4.90 Å². The molecular weight excluding hydrogens is 182 g/mol. The van der Waals surface area contributed by atoms with Crippen LogP contribution in [0.3, 0.4) is 0 Å². The summed E-state index contributed by atoms with van der Waals surface area (Å²) >= 11 is 0. The van der Waals surface area contributed by atoms with Crippen LogP contribution in [-0.4, -0.2) is 13.6 Å². The van der Waals surface area contributed by atoms with Gasteiger partial charge in [0.05, 0.1) is 0 Å². The minimum Gasteiger partial charge on any atom is -0.374 e. The van der Waals surface area contributed by atoms with Crippen LogP contribution in [0.1, 0.15) is 37.0 Å². The van der Waals surface area contributed by atoms with Crippen molar-refractivity contribution in [2.24, 2.45) is 0 Å². The van der Waals surface area contributed by atoms with E-state index in [0.29, 0.717) is 0 Å². The van der Waals surface area contributed by atoms with Crippen molar-refractivity contribution in [3.63, 3.8) is 0 Å². The number of nitrogens with zero attached hydrogens (tertiary/aromatic N) is 1. The number of anilines is 1. The van der Waals surface area contributed by atoms with Crippen LogP contribution in [0.25, 0.3) is 0 Å². The monoisotopic (exact) mass is 205 g/mol. The predicted octanol–water partition coefficient (Wildman–Crippen LogP) is 3.71. The highest BCUT2D eigenvalue weighted by Gasteiger charge is 2.09. The highest BCUT2D eigenvalue weighted by atomic mass is 15.1. The van der Waals surface area contributed by atoms with Crippen molar-refractivity contribution in [3.8, 4) is 0 Å². The van der Waals surface area contributed by atoms with Gasteiger partial charge in [0.2, 0.25) is 0 Å². The molecule has 1 aromatic rings. The second-order valence-corrected chi connectivity index (χ2v) is 4.35. The van der Waals surface area contributed by atoms with Crippen LogP contribution in [0.4, 0.5) is 5.69 Å². The minimum atomic E-state index is 1.07. The third-order valence-corrected chi connectivity index (χ3v) is 2.90. The fraction of sp³-hybridized carbons (Fsp3) is 0.571. The third-order valence-electron chi connectivity index (χ3n) is 2.90. The third kappa shape index (κ3) is 2.74. The summed E-state index contributed by atoms with van der Waals surface area (Å²) in [5.41, 5.74) is 5.72. The molecule has 1 nitrogen and oxygen atoms in total. The first-order valence-corrected chi connectivity index (χ1v) is 5.91. The van der Waals surface area contributed by atoms with Crippen LogP contribution in [0.5, 0.6) is 0 Å². The Bertz CT molecular complexity index is 328. The van der Waals surface area contributed by atoms with Gasteiger partial charge >= 0.3 is 0 Å². The standard InChI is InChI=1S/C14H23N/c1-6-8-13-10-11(3)9-12(4)14(13)15(5)7-2/h9-10H,6-8H2,1-5H3. The van der Waals surface area contributed by atoms with E-state index in [1.165, 1.54) is 35.2 Å². The van der Waals surface area contributed by atoms with Gasteiger partial charge in [-0.1, -0.05) is 31.0 Å². The molecule has 0 unspecified atom stereocenters. The van der Waals surface area contributed by atoms with E-state index in [1.54, 1.807) is 0 Å². The van der Waals surface area contributed by atoms with Crippen LogP contribution >= 0.6 is 0 Å². The average Bonchev–Trinajstić information content (AvgIpc) is 2.16. The molecule has 1 heteroatoms. The van der Waals surface area contributed by atoms with Crippen molar-refractivity contribution in [1.82, 2.24) is 0 Å². The zero-order valence-electron chi connectivity index (χ0n) is 10.7. The molecule has 0 heterocycles. The lowest BCUT2D eigenvalue weighted by Crippen LogP contribution is -2.19. The van der Waals surface area contributed by atoms with Crippen molar-refractivity contribution in [3.05, 3.63) is 28.8 Å². The highest BCUT2D eigenvalue weighted by molar-refractivity contribution is 5.60. The number of aryl methyl sites for hydroxylation is 3. The van der Waals surface area contributed by atoms with E-state index >= 15 is 0 Å². The second-order valence-electron chi connectivity index (χ2n) is 4.35. The Hall–Kier alpha value is -0.980. The molecule has 0 N–H and O–H groups in total. The summed E-state index contributed by atoms with van der Waals surface area (Å²) in [5.74, 6) is 0. The van der Waals surface area contributed by atoms with Gasteiger partial charge in [0.25, 0.3) is 0 Å². The van der Waals surface area contributed by atoms with Gasteiger partial charge in [-0.15, -0.1) is 0 Å². The molecule has 0 aliphatic rings. The Morgan fingerprint density at radius 2 is 1.80 bits per heavy atom. The van der Waals surface area contributed by atoms with Crippen LogP contribution in [0.2, 0.25) is 0 Å². The zero-order valence-corrected chi connectivity index (χ0v) is 10.7. The van der Waals surface area contributed by atoms with Gasteiger partial charge in [0.1, 0.15) is 0 Å². The zero-order chi connectivity index (χ0) is 11.4. The smallest absolute Gasteiger partial charge is 0.0425 e. The molecule has 0 atom stereocenters. The van der Waals surface area contributed by atoms with E-state index < -0.39 is 0 Å². The van der Waals surface area contributed by atoms with Gasteiger partial charge in [0, 0.05) is 19.3 Å². The SMILES string of the molecule is CCCc1cc(C)cc(C)c1N(C)CC. The van der Waals surface area contributed by atoms with Gasteiger partial charge in [-0.3, -0.25) is 0 Å². The molecule has 0 aliphatic heterocycles. The van der Waals surface area contributed by atoms with Gasteiger partial charge in [-0.05, 0) is 38.3 Å². The number of rotatable bonds is 4.